The molecule has 1 aromatic heterocycles. The van der Waals surface area contributed by atoms with E-state index in [2.05, 4.69) is 10.3 Å². The van der Waals surface area contributed by atoms with E-state index in [9.17, 15) is 9.59 Å². The maximum Gasteiger partial charge on any atom is 0.266 e. The molecule has 1 N–H and O–H groups in total. The maximum atomic E-state index is 13.2. The molecule has 1 saturated carbocycles. The predicted molar refractivity (Wildman–Crippen MR) is 113 cm³/mol. The number of amides is 1. The van der Waals surface area contributed by atoms with Gasteiger partial charge in [0.25, 0.3) is 5.56 Å². The van der Waals surface area contributed by atoms with Crippen LogP contribution in [0.1, 0.15) is 31.2 Å². The van der Waals surface area contributed by atoms with Crippen molar-refractivity contribution in [3.05, 3.63) is 64.4 Å². The Morgan fingerprint density at radius 2 is 1.86 bits per heavy atom. The topological polar surface area (TPSA) is 64.0 Å². The van der Waals surface area contributed by atoms with Gasteiger partial charge in [-0.25, -0.2) is 4.98 Å². The van der Waals surface area contributed by atoms with Crippen LogP contribution < -0.4 is 10.9 Å². The van der Waals surface area contributed by atoms with Gasteiger partial charge in [0.2, 0.25) is 5.91 Å². The smallest absolute Gasteiger partial charge is 0.266 e. The second-order valence-electron chi connectivity index (χ2n) is 7.23. The number of aryl methyl sites for hydroxylation is 1. The number of hydrogen-bond acceptors (Lipinski definition) is 4. The largest absolute Gasteiger partial charge is 0.353 e. The van der Waals surface area contributed by atoms with E-state index in [1.54, 1.807) is 10.6 Å². The van der Waals surface area contributed by atoms with Crippen LogP contribution in [-0.2, 0) is 4.79 Å². The molecule has 1 heterocycles. The number of para-hydroxylation sites is 1. The van der Waals surface area contributed by atoms with Gasteiger partial charge in [-0.1, -0.05) is 54.4 Å². The number of benzene rings is 2. The number of carbonyl (C=O) groups excluding carboxylic acids is 1. The number of aromatic nitrogens is 2. The molecule has 3 aromatic rings. The number of fused-ring (bicyclic) bond motifs is 1. The molecule has 6 heteroatoms. The molecule has 28 heavy (non-hydrogen) atoms. The van der Waals surface area contributed by atoms with Gasteiger partial charge in [-0.2, -0.15) is 0 Å². The van der Waals surface area contributed by atoms with E-state index in [1.165, 1.54) is 24.6 Å². The van der Waals surface area contributed by atoms with E-state index in [1.807, 2.05) is 49.4 Å². The van der Waals surface area contributed by atoms with Gasteiger partial charge in [-0.05, 0) is 44.0 Å². The number of carbonyl (C=O) groups is 1. The predicted octanol–water partition coefficient (Wildman–Crippen LogP) is 3.85. The maximum absolute atomic E-state index is 13.2. The van der Waals surface area contributed by atoms with Crippen molar-refractivity contribution in [3.8, 4) is 5.69 Å². The molecule has 0 bridgehead atoms. The first-order chi connectivity index (χ1) is 13.6. The number of thioether (sulfide) groups is 1. The fraction of sp³-hybridized carbons (Fsp3) is 0.318. The Hall–Kier alpha value is -2.60. The Balaban J connectivity index is 1.67. The summed E-state index contributed by atoms with van der Waals surface area (Å²) in [5, 5.41) is 4.20. The van der Waals surface area contributed by atoms with Crippen LogP contribution in [-0.4, -0.2) is 27.3 Å². The van der Waals surface area contributed by atoms with Crippen molar-refractivity contribution in [2.24, 2.45) is 0 Å². The summed E-state index contributed by atoms with van der Waals surface area (Å²) in [7, 11) is 0. The minimum Gasteiger partial charge on any atom is -0.353 e. The van der Waals surface area contributed by atoms with E-state index in [0.29, 0.717) is 16.1 Å². The first kappa shape index (κ1) is 18.7. The zero-order chi connectivity index (χ0) is 19.5. The van der Waals surface area contributed by atoms with Crippen molar-refractivity contribution in [1.82, 2.24) is 14.9 Å². The van der Waals surface area contributed by atoms with Crippen LogP contribution in [0, 0.1) is 6.92 Å². The van der Waals surface area contributed by atoms with Crippen LogP contribution >= 0.6 is 11.8 Å². The van der Waals surface area contributed by atoms with Gasteiger partial charge >= 0.3 is 0 Å². The molecule has 0 spiro atoms. The highest BCUT2D eigenvalue weighted by atomic mass is 32.2. The molecule has 0 radical (unpaired) electrons. The zero-order valence-corrected chi connectivity index (χ0v) is 16.7. The summed E-state index contributed by atoms with van der Waals surface area (Å²) in [4.78, 5) is 30.2. The SMILES string of the molecule is Cc1ccc(-n2c(SCC(=O)NC3CCCC3)nc3ccccc3c2=O)cc1. The highest BCUT2D eigenvalue weighted by molar-refractivity contribution is 7.99. The molecule has 5 nitrogen and oxygen atoms in total. The highest BCUT2D eigenvalue weighted by Gasteiger charge is 2.19. The molecular weight excluding hydrogens is 370 g/mol. The monoisotopic (exact) mass is 393 g/mol. The van der Waals surface area contributed by atoms with Crippen LogP contribution in [0.5, 0.6) is 0 Å². The minimum atomic E-state index is -0.117. The Morgan fingerprint density at radius 1 is 1.14 bits per heavy atom. The summed E-state index contributed by atoms with van der Waals surface area (Å²) in [6.07, 6.45) is 4.46. The summed E-state index contributed by atoms with van der Waals surface area (Å²) < 4.78 is 1.61. The molecule has 1 aliphatic rings. The third kappa shape index (κ3) is 3.97. The molecule has 0 saturated heterocycles. The summed E-state index contributed by atoms with van der Waals surface area (Å²) in [5.74, 6) is 0.238. The van der Waals surface area contributed by atoms with Crippen LogP contribution in [0.15, 0.2) is 58.5 Å². The lowest BCUT2D eigenvalue weighted by atomic mass is 10.2. The standard InChI is InChI=1S/C22H23N3O2S/c1-15-10-12-17(13-11-15)25-21(27)18-8-4-5-9-19(18)24-22(25)28-14-20(26)23-16-6-2-3-7-16/h4-5,8-13,16H,2-3,6-7,14H2,1H3,(H,23,26). The molecule has 1 fully saturated rings. The quantitative estimate of drug-likeness (QED) is 0.528. The summed E-state index contributed by atoms with van der Waals surface area (Å²) in [5.41, 5.74) is 2.41. The van der Waals surface area contributed by atoms with Gasteiger partial charge in [0.15, 0.2) is 5.16 Å². The molecular formula is C22H23N3O2S. The van der Waals surface area contributed by atoms with Gasteiger partial charge in [-0.3, -0.25) is 14.2 Å². The Labute approximate surface area is 168 Å². The van der Waals surface area contributed by atoms with E-state index < -0.39 is 0 Å². The number of hydrogen-bond donors (Lipinski definition) is 1. The van der Waals surface area contributed by atoms with Crippen LogP contribution in [0.3, 0.4) is 0 Å². The zero-order valence-electron chi connectivity index (χ0n) is 15.9. The average molecular weight is 394 g/mol. The van der Waals surface area contributed by atoms with E-state index >= 15 is 0 Å². The highest BCUT2D eigenvalue weighted by Crippen LogP contribution is 2.22. The van der Waals surface area contributed by atoms with E-state index in [0.717, 1.165) is 24.1 Å². The van der Waals surface area contributed by atoms with Gasteiger partial charge in [0.05, 0.1) is 22.3 Å². The van der Waals surface area contributed by atoms with Crippen LogP contribution in [0.4, 0.5) is 0 Å². The lowest BCUT2D eigenvalue weighted by Crippen LogP contribution is -2.34. The normalized spacial score (nSPS) is 14.5. The minimum absolute atomic E-state index is 0.00485. The lowest BCUT2D eigenvalue weighted by molar-refractivity contribution is -0.119. The van der Waals surface area contributed by atoms with E-state index in [-0.39, 0.29) is 23.3 Å². The molecule has 0 aliphatic heterocycles. The second-order valence-corrected chi connectivity index (χ2v) is 8.17. The molecule has 1 amide bonds. The Morgan fingerprint density at radius 3 is 2.61 bits per heavy atom. The average Bonchev–Trinajstić information content (AvgIpc) is 3.20. The van der Waals surface area contributed by atoms with Crippen molar-refractivity contribution in [1.29, 1.82) is 0 Å². The van der Waals surface area contributed by atoms with Crippen molar-refractivity contribution in [3.63, 3.8) is 0 Å². The van der Waals surface area contributed by atoms with Crippen molar-refractivity contribution >= 4 is 28.6 Å². The summed E-state index contributed by atoms with van der Waals surface area (Å²) >= 11 is 1.31. The molecule has 0 atom stereocenters. The van der Waals surface area contributed by atoms with Gasteiger partial charge in [-0.15, -0.1) is 0 Å². The number of nitrogens with one attached hydrogen (secondary N) is 1. The summed E-state index contributed by atoms with van der Waals surface area (Å²) in [6, 6.07) is 15.4. The number of rotatable bonds is 5. The number of nitrogens with zero attached hydrogens (tertiary/aromatic N) is 2. The molecule has 2 aromatic carbocycles. The molecule has 0 unspecified atom stereocenters. The van der Waals surface area contributed by atoms with Crippen LogP contribution in [0.2, 0.25) is 0 Å². The third-order valence-corrected chi connectivity index (χ3v) is 6.03. The lowest BCUT2D eigenvalue weighted by Gasteiger charge is -2.15. The third-order valence-electron chi connectivity index (χ3n) is 5.09. The molecule has 144 valence electrons. The fourth-order valence-electron chi connectivity index (χ4n) is 3.60. The first-order valence-corrected chi connectivity index (χ1v) is 10.6. The fourth-order valence-corrected chi connectivity index (χ4v) is 4.42. The van der Waals surface area contributed by atoms with Crippen molar-refractivity contribution in [2.75, 3.05) is 5.75 Å². The molecule has 4 rings (SSSR count). The first-order valence-electron chi connectivity index (χ1n) is 9.63. The Bertz CT molecular complexity index is 1050. The second kappa shape index (κ2) is 8.19. The van der Waals surface area contributed by atoms with Crippen molar-refractivity contribution in [2.45, 2.75) is 43.8 Å². The van der Waals surface area contributed by atoms with Gasteiger partial charge < -0.3 is 5.32 Å². The van der Waals surface area contributed by atoms with Crippen LogP contribution in [0.25, 0.3) is 16.6 Å². The van der Waals surface area contributed by atoms with Gasteiger partial charge in [0.1, 0.15) is 0 Å². The van der Waals surface area contributed by atoms with Crippen molar-refractivity contribution < 1.29 is 4.79 Å². The summed E-state index contributed by atoms with van der Waals surface area (Å²) in [6.45, 7) is 2.01. The molecule has 1 aliphatic carbocycles. The Kier molecular flexibility index (Phi) is 5.48. The van der Waals surface area contributed by atoms with Gasteiger partial charge in [0, 0.05) is 6.04 Å². The van der Waals surface area contributed by atoms with E-state index in [4.69, 9.17) is 0 Å².